The van der Waals surface area contributed by atoms with Crippen LogP contribution >= 0.6 is 11.6 Å². The van der Waals surface area contributed by atoms with Gasteiger partial charge in [0.2, 0.25) is 0 Å². The molecule has 1 fully saturated rings. The Balaban J connectivity index is 1.71. The molecule has 0 amide bonds. The van der Waals surface area contributed by atoms with Crippen molar-refractivity contribution in [2.75, 3.05) is 0 Å². The minimum absolute atomic E-state index is 0.0279. The molecule has 1 aromatic heterocycles. The van der Waals surface area contributed by atoms with E-state index in [1.165, 1.54) is 6.20 Å². The predicted molar refractivity (Wildman–Crippen MR) is 131 cm³/mol. The van der Waals surface area contributed by atoms with E-state index in [9.17, 15) is 22.0 Å². The molecule has 1 aliphatic carbocycles. The highest BCUT2D eigenvalue weighted by molar-refractivity contribution is 6.30. The number of rotatable bonds is 8. The monoisotopic (exact) mass is 549 g/mol. The van der Waals surface area contributed by atoms with E-state index in [2.05, 4.69) is 15.0 Å². The van der Waals surface area contributed by atoms with Gasteiger partial charge in [0.25, 0.3) is 6.02 Å². The van der Waals surface area contributed by atoms with Gasteiger partial charge in [0.15, 0.2) is 0 Å². The average molecular weight is 550 g/mol. The third-order valence-corrected chi connectivity index (χ3v) is 6.47. The van der Waals surface area contributed by atoms with Gasteiger partial charge in [0.05, 0.1) is 16.4 Å². The first kappa shape index (κ1) is 26.0. The standard InChI is InChI=1S/C27H21ClF5N3O2/c28-18-9-10-23(34-15-18)26(14-16-5-2-1-3-6-16,36-25-35-21-7-4-8-22(21)37-25)17-11-19(29)13-20(12-17)38-27(32,33)24(30)31/h1-3,5-7,9-13,15,22,24H,4,8,14H2,(H,35,36)/t22-,26-/m0/s1. The summed E-state index contributed by atoms with van der Waals surface area (Å²) in [5, 5.41) is 3.44. The minimum atomic E-state index is -4.84. The van der Waals surface area contributed by atoms with Crippen LogP contribution < -0.4 is 10.1 Å². The van der Waals surface area contributed by atoms with Gasteiger partial charge in [-0.3, -0.25) is 4.98 Å². The summed E-state index contributed by atoms with van der Waals surface area (Å²) in [5.41, 5.74) is 0.331. The average Bonchev–Trinajstić information content (AvgIpc) is 3.46. The molecule has 3 aromatic rings. The molecule has 198 valence electrons. The Bertz CT molecular complexity index is 1370. The molecule has 0 unspecified atom stereocenters. The van der Waals surface area contributed by atoms with Crippen molar-refractivity contribution in [3.63, 3.8) is 0 Å². The molecule has 2 aromatic carbocycles. The fourth-order valence-corrected chi connectivity index (χ4v) is 4.63. The molecule has 2 heterocycles. The highest BCUT2D eigenvalue weighted by Gasteiger charge is 2.45. The number of benzene rings is 2. The Labute approximate surface area is 220 Å². The largest absolute Gasteiger partial charge is 0.461 e. The summed E-state index contributed by atoms with van der Waals surface area (Å²) in [6.45, 7) is 0. The van der Waals surface area contributed by atoms with Gasteiger partial charge >= 0.3 is 12.5 Å². The molecular weight excluding hydrogens is 529 g/mol. The van der Waals surface area contributed by atoms with Gasteiger partial charge in [-0.05, 0) is 48.2 Å². The molecule has 0 spiro atoms. The van der Waals surface area contributed by atoms with Crippen LogP contribution in [0.1, 0.15) is 29.7 Å². The van der Waals surface area contributed by atoms with Crippen molar-refractivity contribution in [1.82, 2.24) is 10.3 Å². The quantitative estimate of drug-likeness (QED) is 0.321. The summed E-state index contributed by atoms with van der Waals surface area (Å²) < 4.78 is 78.4. The van der Waals surface area contributed by atoms with E-state index >= 15 is 0 Å². The number of fused-ring (bicyclic) bond motifs is 1. The topological polar surface area (TPSA) is 55.7 Å². The van der Waals surface area contributed by atoms with E-state index in [1.807, 2.05) is 24.3 Å². The highest BCUT2D eigenvalue weighted by atomic mass is 35.5. The van der Waals surface area contributed by atoms with Crippen LogP contribution in [0.15, 0.2) is 83.6 Å². The number of aliphatic imine (C=N–C) groups is 1. The number of nitrogens with zero attached hydrogens (tertiary/aromatic N) is 2. The molecule has 11 heteroatoms. The molecule has 2 atom stereocenters. The Morgan fingerprint density at radius 2 is 1.92 bits per heavy atom. The summed E-state index contributed by atoms with van der Waals surface area (Å²) in [5.74, 6) is -1.79. The zero-order chi connectivity index (χ0) is 26.9. The van der Waals surface area contributed by atoms with Gasteiger partial charge in [-0.2, -0.15) is 17.6 Å². The zero-order valence-corrected chi connectivity index (χ0v) is 20.4. The van der Waals surface area contributed by atoms with Gasteiger partial charge in [-0.25, -0.2) is 9.38 Å². The Morgan fingerprint density at radius 1 is 1.13 bits per heavy atom. The maximum absolute atomic E-state index is 14.9. The highest BCUT2D eigenvalue weighted by Crippen LogP contribution is 2.41. The molecule has 0 bridgehead atoms. The number of nitrogens with one attached hydrogen (secondary N) is 1. The summed E-state index contributed by atoms with van der Waals surface area (Å²) in [4.78, 5) is 9.28. The first-order valence-corrected chi connectivity index (χ1v) is 12.1. The van der Waals surface area contributed by atoms with Gasteiger partial charge in [0.1, 0.15) is 23.2 Å². The van der Waals surface area contributed by atoms with E-state index < -0.39 is 29.6 Å². The van der Waals surface area contributed by atoms with Crippen LogP contribution in [-0.4, -0.2) is 29.6 Å². The van der Waals surface area contributed by atoms with Gasteiger partial charge in [0, 0.05) is 18.7 Å². The fraction of sp³-hybridized carbons (Fsp3) is 0.259. The van der Waals surface area contributed by atoms with Crippen molar-refractivity contribution in [3.8, 4) is 5.75 Å². The minimum Gasteiger partial charge on any atom is -0.455 e. The first-order chi connectivity index (χ1) is 18.1. The van der Waals surface area contributed by atoms with Crippen LogP contribution in [-0.2, 0) is 16.7 Å². The molecular formula is C27H21ClF5N3O2. The lowest BCUT2D eigenvalue weighted by Gasteiger charge is -2.31. The third kappa shape index (κ3) is 5.31. The second-order valence-electron chi connectivity index (χ2n) is 8.91. The Kier molecular flexibility index (Phi) is 7.00. The van der Waals surface area contributed by atoms with Gasteiger partial charge in [-0.1, -0.05) is 48.0 Å². The van der Waals surface area contributed by atoms with Crippen LogP contribution in [0, 0.1) is 5.82 Å². The molecule has 0 saturated carbocycles. The maximum atomic E-state index is 14.9. The molecule has 2 aliphatic rings. The summed E-state index contributed by atoms with van der Waals surface area (Å²) in [7, 11) is 0. The maximum Gasteiger partial charge on any atom is 0.461 e. The van der Waals surface area contributed by atoms with Crippen LogP contribution in [0.5, 0.6) is 5.75 Å². The van der Waals surface area contributed by atoms with E-state index in [0.717, 1.165) is 36.2 Å². The Hall–Kier alpha value is -3.66. The predicted octanol–water partition coefficient (Wildman–Crippen LogP) is 6.62. The second kappa shape index (κ2) is 10.2. The van der Waals surface area contributed by atoms with Crippen molar-refractivity contribution in [3.05, 3.63) is 106 Å². The molecule has 1 saturated heterocycles. The Morgan fingerprint density at radius 3 is 2.61 bits per heavy atom. The normalized spacial score (nSPS) is 19.5. The van der Waals surface area contributed by atoms with Crippen LogP contribution in [0.2, 0.25) is 5.02 Å². The van der Waals surface area contributed by atoms with Crippen molar-refractivity contribution in [2.45, 2.75) is 43.4 Å². The van der Waals surface area contributed by atoms with Crippen LogP contribution in [0.25, 0.3) is 0 Å². The first-order valence-electron chi connectivity index (χ1n) is 11.7. The summed E-state index contributed by atoms with van der Waals surface area (Å²) in [6.07, 6.45) is -4.18. The third-order valence-electron chi connectivity index (χ3n) is 6.25. The van der Waals surface area contributed by atoms with Crippen LogP contribution in [0.3, 0.4) is 0 Å². The summed E-state index contributed by atoms with van der Waals surface area (Å²) >= 11 is 6.08. The van der Waals surface area contributed by atoms with Crippen molar-refractivity contribution in [2.24, 2.45) is 4.99 Å². The van der Waals surface area contributed by atoms with Gasteiger partial charge in [-0.15, -0.1) is 0 Å². The van der Waals surface area contributed by atoms with Crippen molar-refractivity contribution in [1.29, 1.82) is 0 Å². The lowest BCUT2D eigenvalue weighted by atomic mass is 9.81. The lowest BCUT2D eigenvalue weighted by Crippen LogP contribution is -2.35. The SMILES string of the molecule is Fc1cc(OC(F)(F)C(F)F)cc([C@](Cc2ccccc2)(N=C2NC3=CCC[C@@H]3O2)c2ccc(Cl)cn2)c1. The number of allylic oxidation sites excluding steroid dienone is 1. The second-order valence-corrected chi connectivity index (χ2v) is 9.35. The molecule has 1 aliphatic heterocycles. The molecule has 5 rings (SSSR count). The number of hydrogen-bond acceptors (Lipinski definition) is 4. The number of halogens is 6. The fourth-order valence-electron chi connectivity index (χ4n) is 4.52. The number of ether oxygens (including phenoxy) is 2. The molecule has 38 heavy (non-hydrogen) atoms. The number of hydrogen-bond donors (Lipinski definition) is 1. The van der Waals surface area contributed by atoms with E-state index in [4.69, 9.17) is 21.3 Å². The molecule has 5 nitrogen and oxygen atoms in total. The van der Waals surface area contributed by atoms with Gasteiger partial charge < -0.3 is 14.8 Å². The zero-order valence-electron chi connectivity index (χ0n) is 19.7. The smallest absolute Gasteiger partial charge is 0.455 e. The van der Waals surface area contributed by atoms with Crippen molar-refractivity contribution < 1.29 is 31.4 Å². The van der Waals surface area contributed by atoms with Crippen molar-refractivity contribution >= 4 is 17.6 Å². The van der Waals surface area contributed by atoms with E-state index in [-0.39, 0.29) is 29.8 Å². The van der Waals surface area contributed by atoms with E-state index in [0.29, 0.717) is 11.1 Å². The molecule has 0 radical (unpaired) electrons. The number of pyridine rings is 1. The lowest BCUT2D eigenvalue weighted by molar-refractivity contribution is -0.253. The number of amidine groups is 1. The number of aromatic nitrogens is 1. The van der Waals surface area contributed by atoms with Crippen LogP contribution in [0.4, 0.5) is 22.0 Å². The summed E-state index contributed by atoms with van der Waals surface area (Å²) in [6, 6.07) is 15.0. The number of alkyl halides is 4. The van der Waals surface area contributed by atoms with E-state index in [1.54, 1.807) is 24.3 Å². The molecule has 1 N–H and O–H groups in total.